The lowest BCUT2D eigenvalue weighted by Gasteiger charge is -2.51. The molecule has 4 heteroatoms. The van der Waals surface area contributed by atoms with Crippen LogP contribution in [0.25, 0.3) is 0 Å². The summed E-state index contributed by atoms with van der Waals surface area (Å²) in [5.74, 6) is 0. The van der Waals surface area contributed by atoms with Crippen molar-refractivity contribution in [1.29, 1.82) is 0 Å². The zero-order chi connectivity index (χ0) is 23.0. The van der Waals surface area contributed by atoms with Gasteiger partial charge in [-0.1, -0.05) is 151 Å². The molecule has 3 aromatic carbocycles. The van der Waals surface area contributed by atoms with E-state index in [1.807, 2.05) is 4.92 Å². The predicted molar refractivity (Wildman–Crippen MR) is 155 cm³/mol. The summed E-state index contributed by atoms with van der Waals surface area (Å²) in [6.45, 7) is 15.9. The third-order valence-electron chi connectivity index (χ3n) is 8.33. The molecule has 0 amide bonds. The van der Waals surface area contributed by atoms with Crippen molar-refractivity contribution in [3.63, 3.8) is 0 Å². The Morgan fingerprint density at radius 1 is 0.562 bits per heavy atom. The molecule has 32 heavy (non-hydrogen) atoms. The van der Waals surface area contributed by atoms with Gasteiger partial charge in [0.15, 0.2) is 0 Å². The largest absolute Gasteiger partial charge is 0.112 e. The van der Waals surface area contributed by atoms with Crippen molar-refractivity contribution in [2.75, 3.05) is 0 Å². The average molecular weight is 489 g/mol. The Kier molecular flexibility index (Phi) is 6.41. The van der Waals surface area contributed by atoms with Crippen molar-refractivity contribution < 1.29 is 0 Å². The van der Waals surface area contributed by atoms with Gasteiger partial charge in [-0.2, -0.15) is 0 Å². The Morgan fingerprint density at radius 3 is 1.34 bits per heavy atom. The monoisotopic (exact) mass is 488 g/mol. The van der Waals surface area contributed by atoms with Gasteiger partial charge in [0.05, 0.1) is 16.1 Å². The zero-order valence-corrected chi connectivity index (χ0v) is 24.4. The first-order valence-corrected chi connectivity index (χ1v) is 21.8. The quantitative estimate of drug-likeness (QED) is 0.290. The van der Waals surface area contributed by atoms with Gasteiger partial charge in [0, 0.05) is 4.40 Å². The summed E-state index contributed by atoms with van der Waals surface area (Å²) in [7, 11) is -3.54. The Morgan fingerprint density at radius 2 is 0.938 bits per heavy atom. The van der Waals surface area contributed by atoms with Gasteiger partial charge in [0.25, 0.3) is 0 Å². The van der Waals surface area contributed by atoms with Crippen LogP contribution < -0.4 is 15.6 Å². The molecule has 0 radical (unpaired) electrons. The molecule has 1 aliphatic rings. The predicted octanol–water partition coefficient (Wildman–Crippen LogP) is 6.10. The maximum Gasteiger partial charge on any atom is 0.112 e. The average Bonchev–Trinajstić information content (AvgIpc) is 3.30. The van der Waals surface area contributed by atoms with Gasteiger partial charge in [0.2, 0.25) is 0 Å². The minimum Gasteiger partial charge on any atom is -0.108 e. The number of benzene rings is 3. The second-order valence-electron chi connectivity index (χ2n) is 10.9. The van der Waals surface area contributed by atoms with Gasteiger partial charge >= 0.3 is 0 Å². The van der Waals surface area contributed by atoms with Gasteiger partial charge in [0.1, 0.15) is 8.07 Å². The summed E-state index contributed by atoms with van der Waals surface area (Å²) >= 11 is 0. The molecular formula is C28H37PSi3. The lowest BCUT2D eigenvalue weighted by Crippen LogP contribution is -2.73. The smallest absolute Gasteiger partial charge is 0.108 e. The second kappa shape index (κ2) is 8.68. The number of hydrogen-bond acceptors (Lipinski definition) is 0. The van der Waals surface area contributed by atoms with E-state index in [1.165, 1.54) is 12.8 Å². The maximum atomic E-state index is 2.67. The van der Waals surface area contributed by atoms with Gasteiger partial charge in [-0.25, -0.2) is 0 Å². The van der Waals surface area contributed by atoms with Gasteiger partial charge < -0.3 is 0 Å². The van der Waals surface area contributed by atoms with E-state index in [9.17, 15) is 0 Å². The summed E-state index contributed by atoms with van der Waals surface area (Å²) in [5, 5.41) is 4.85. The molecule has 0 bridgehead atoms. The third kappa shape index (κ3) is 3.78. The molecule has 0 atom stereocenters. The van der Waals surface area contributed by atoms with E-state index in [1.54, 1.807) is 23.8 Å². The van der Waals surface area contributed by atoms with E-state index in [0.717, 1.165) is 0 Å². The summed E-state index contributed by atoms with van der Waals surface area (Å²) in [6.07, 6.45) is 2.66. The Bertz CT molecular complexity index is 1040. The Balaban J connectivity index is 1.92. The molecule has 166 valence electrons. The third-order valence-corrected chi connectivity index (χ3v) is 30.9. The number of rotatable bonds is 6. The summed E-state index contributed by atoms with van der Waals surface area (Å²) < 4.78 is 0.400. The van der Waals surface area contributed by atoms with Crippen molar-refractivity contribution in [2.24, 2.45) is 0 Å². The molecule has 0 N–H and O–H groups in total. The van der Waals surface area contributed by atoms with Crippen LogP contribution >= 0.6 is 8.20 Å². The highest BCUT2D eigenvalue weighted by Crippen LogP contribution is 2.51. The molecule has 0 aromatic heterocycles. The van der Waals surface area contributed by atoms with E-state index >= 15 is 0 Å². The standard InChI is InChI=1S/C28H37PSi3/c1-30(2,24-16-10-7-11-17-24)27-22-23-28(29-27,31(3,4)25-18-12-8-13-19-25)32(5,6)26-20-14-9-15-21-26/h7-21H,22-23H2,1-6H3. The van der Waals surface area contributed by atoms with Crippen LogP contribution in [0.3, 0.4) is 0 Å². The van der Waals surface area contributed by atoms with E-state index in [-0.39, 0.29) is 0 Å². The summed E-state index contributed by atoms with van der Waals surface area (Å²) in [6, 6.07) is 34.5. The van der Waals surface area contributed by atoms with E-state index in [2.05, 4.69) is 130 Å². The van der Waals surface area contributed by atoms with Crippen molar-refractivity contribution in [3.8, 4) is 0 Å². The van der Waals surface area contributed by atoms with Crippen molar-refractivity contribution in [2.45, 2.75) is 56.5 Å². The minimum absolute atomic E-state index is 0.400. The Labute approximate surface area is 200 Å². The summed E-state index contributed by atoms with van der Waals surface area (Å²) in [4.78, 5) is 1.87. The Hall–Kier alpha value is -1.52. The first-order valence-electron chi connectivity index (χ1n) is 11.9. The van der Waals surface area contributed by atoms with Crippen LogP contribution in [-0.2, 0) is 0 Å². The van der Waals surface area contributed by atoms with Crippen LogP contribution in [0.4, 0.5) is 0 Å². The van der Waals surface area contributed by atoms with Gasteiger partial charge in [-0.05, 0) is 12.8 Å². The molecule has 0 nitrogen and oxygen atoms in total. The van der Waals surface area contributed by atoms with Crippen LogP contribution in [-0.4, -0.2) is 33.5 Å². The molecule has 0 spiro atoms. The molecule has 1 aliphatic heterocycles. The second-order valence-corrected chi connectivity index (χ2v) is 28.0. The van der Waals surface area contributed by atoms with E-state index < -0.39 is 24.2 Å². The van der Waals surface area contributed by atoms with E-state index in [0.29, 0.717) is 4.40 Å². The van der Waals surface area contributed by atoms with Gasteiger partial charge in [-0.3, -0.25) is 0 Å². The highest BCUT2D eigenvalue weighted by Gasteiger charge is 2.60. The molecule has 0 unspecified atom stereocenters. The van der Waals surface area contributed by atoms with Crippen molar-refractivity contribution in [3.05, 3.63) is 91.0 Å². The number of hydrogen-bond donors (Lipinski definition) is 0. The lowest BCUT2D eigenvalue weighted by molar-refractivity contribution is 0.884. The van der Waals surface area contributed by atoms with Gasteiger partial charge in [-0.15, -0.1) is 8.20 Å². The molecule has 3 aromatic rings. The fourth-order valence-electron chi connectivity index (χ4n) is 5.99. The van der Waals surface area contributed by atoms with Crippen LogP contribution in [0, 0.1) is 0 Å². The van der Waals surface area contributed by atoms with Crippen LogP contribution in [0.15, 0.2) is 91.0 Å². The molecule has 0 saturated heterocycles. The molecular weight excluding hydrogens is 452 g/mol. The SMILES string of the molecule is C[Si](C)(C1=PC([Si](C)(C)c2ccccc2)([Si](C)(C)c2ccccc2)CC1)c1ccccc1. The highest BCUT2D eigenvalue weighted by atomic mass is 31.1. The topological polar surface area (TPSA) is 0 Å². The zero-order valence-electron chi connectivity index (χ0n) is 20.5. The molecule has 0 aliphatic carbocycles. The van der Waals surface area contributed by atoms with Crippen molar-refractivity contribution in [1.82, 2.24) is 0 Å². The maximum absolute atomic E-state index is 2.67. The summed E-state index contributed by atoms with van der Waals surface area (Å²) in [5.41, 5.74) is 0. The molecule has 1 heterocycles. The molecule has 4 rings (SSSR count). The normalized spacial score (nSPS) is 17.1. The minimum atomic E-state index is -1.79. The molecule has 0 saturated carbocycles. The fourth-order valence-corrected chi connectivity index (χ4v) is 27.2. The first-order chi connectivity index (χ1) is 15.1. The van der Waals surface area contributed by atoms with Crippen LogP contribution in [0.2, 0.25) is 39.3 Å². The van der Waals surface area contributed by atoms with Crippen LogP contribution in [0.5, 0.6) is 0 Å². The highest BCUT2D eigenvalue weighted by molar-refractivity contribution is 7.61. The molecule has 0 fully saturated rings. The fraction of sp³-hybridized carbons (Fsp3) is 0.321. The van der Waals surface area contributed by atoms with Crippen molar-refractivity contribution >= 4 is 52.9 Å². The van der Waals surface area contributed by atoms with E-state index in [4.69, 9.17) is 0 Å². The first kappa shape index (κ1) is 23.6. The van der Waals surface area contributed by atoms with Crippen LogP contribution in [0.1, 0.15) is 12.8 Å². The lowest BCUT2D eigenvalue weighted by atomic mass is 10.3.